The van der Waals surface area contributed by atoms with E-state index < -0.39 is 0 Å². The van der Waals surface area contributed by atoms with Crippen molar-refractivity contribution in [1.29, 1.82) is 0 Å². The van der Waals surface area contributed by atoms with Gasteiger partial charge in [-0.1, -0.05) is 54.6 Å². The van der Waals surface area contributed by atoms with Crippen molar-refractivity contribution in [2.24, 2.45) is 0 Å². The van der Waals surface area contributed by atoms with Crippen molar-refractivity contribution < 1.29 is 14.3 Å². The largest absolute Gasteiger partial charge is 0.491 e. The fourth-order valence-electron chi connectivity index (χ4n) is 3.77. The lowest BCUT2D eigenvalue weighted by Gasteiger charge is -2.24. The average molecular weight is 461 g/mol. The zero-order chi connectivity index (χ0) is 23.2. The van der Waals surface area contributed by atoms with Gasteiger partial charge in [-0.05, 0) is 54.3 Å². The lowest BCUT2D eigenvalue weighted by Crippen LogP contribution is -2.28. The van der Waals surface area contributed by atoms with Gasteiger partial charge in [0.25, 0.3) is 5.91 Å². The van der Waals surface area contributed by atoms with Crippen molar-refractivity contribution in [3.8, 4) is 5.75 Å². The molecule has 170 valence electrons. The van der Waals surface area contributed by atoms with Gasteiger partial charge in [-0.15, -0.1) is 11.8 Å². The molecule has 0 aromatic heterocycles. The van der Waals surface area contributed by atoms with Crippen LogP contribution in [0.25, 0.3) is 0 Å². The normalized spacial score (nSPS) is 15.5. The summed E-state index contributed by atoms with van der Waals surface area (Å²) in [6.07, 6.45) is 0. The Bertz CT molecular complexity index is 1120. The number of carbonyl (C=O) groups excluding carboxylic acids is 2. The number of nitrogens with zero attached hydrogens (tertiary/aromatic N) is 1. The van der Waals surface area contributed by atoms with Crippen molar-refractivity contribution in [2.45, 2.75) is 25.8 Å². The zero-order valence-corrected chi connectivity index (χ0v) is 19.7. The third-order valence-corrected chi connectivity index (χ3v) is 6.87. The van der Waals surface area contributed by atoms with Crippen LogP contribution in [0.1, 0.15) is 38.0 Å². The minimum atomic E-state index is -0.137. The molecule has 3 aromatic rings. The van der Waals surface area contributed by atoms with E-state index in [9.17, 15) is 9.59 Å². The summed E-state index contributed by atoms with van der Waals surface area (Å²) in [6.45, 7) is 5.44. The number of thioether (sulfide) groups is 1. The number of aryl methyl sites for hydroxylation is 2. The van der Waals surface area contributed by atoms with Gasteiger partial charge < -0.3 is 15.0 Å². The fourth-order valence-corrected chi connectivity index (χ4v) is 4.96. The molecule has 1 unspecified atom stereocenters. The Kier molecular flexibility index (Phi) is 7.35. The van der Waals surface area contributed by atoms with Crippen LogP contribution in [0.3, 0.4) is 0 Å². The highest BCUT2D eigenvalue weighted by Gasteiger charge is 2.32. The second-order valence-corrected chi connectivity index (χ2v) is 9.23. The van der Waals surface area contributed by atoms with Gasteiger partial charge in [-0.3, -0.25) is 9.59 Å². The van der Waals surface area contributed by atoms with Crippen LogP contribution in [0.4, 0.5) is 0 Å². The first-order chi connectivity index (χ1) is 16.0. The predicted octanol–water partition coefficient (Wildman–Crippen LogP) is 4.89. The van der Waals surface area contributed by atoms with E-state index in [1.165, 1.54) is 0 Å². The lowest BCUT2D eigenvalue weighted by molar-refractivity contribution is -0.128. The van der Waals surface area contributed by atoms with Crippen LogP contribution >= 0.6 is 11.8 Å². The van der Waals surface area contributed by atoms with E-state index >= 15 is 0 Å². The number of carbonyl (C=O) groups is 2. The Morgan fingerprint density at radius 3 is 2.58 bits per heavy atom. The smallest absolute Gasteiger partial charge is 0.251 e. The second-order valence-electron chi connectivity index (χ2n) is 8.17. The van der Waals surface area contributed by atoms with Gasteiger partial charge in [0.05, 0.1) is 12.3 Å². The van der Waals surface area contributed by atoms with Crippen LogP contribution in [-0.4, -0.2) is 35.6 Å². The standard InChI is InChI=1S/C27H28N2O3S/c1-19-8-9-20(2)24(16-19)32-15-14-28-26(31)22-10-12-23(13-11-22)27-29(25(30)18-33-27)17-21-6-4-3-5-7-21/h3-13,16,27H,14-15,17-18H2,1-2H3,(H,28,31). The van der Waals surface area contributed by atoms with Crippen LogP contribution in [0.5, 0.6) is 5.75 Å². The Morgan fingerprint density at radius 2 is 1.82 bits per heavy atom. The van der Waals surface area contributed by atoms with Crippen LogP contribution in [-0.2, 0) is 11.3 Å². The zero-order valence-electron chi connectivity index (χ0n) is 18.9. The summed E-state index contributed by atoms with van der Waals surface area (Å²) in [6, 6.07) is 23.6. The van der Waals surface area contributed by atoms with Crippen molar-refractivity contribution >= 4 is 23.6 Å². The lowest BCUT2D eigenvalue weighted by atomic mass is 10.1. The Morgan fingerprint density at radius 1 is 1.06 bits per heavy atom. The van der Waals surface area contributed by atoms with Crippen LogP contribution in [0, 0.1) is 13.8 Å². The summed E-state index contributed by atoms with van der Waals surface area (Å²) >= 11 is 1.62. The Balaban J connectivity index is 1.32. The molecule has 0 aliphatic carbocycles. The topological polar surface area (TPSA) is 58.6 Å². The van der Waals surface area contributed by atoms with Gasteiger partial charge in [0.15, 0.2) is 0 Å². The van der Waals surface area contributed by atoms with Crippen molar-refractivity contribution in [3.05, 3.63) is 101 Å². The maximum Gasteiger partial charge on any atom is 0.251 e. The molecule has 1 aliphatic rings. The van der Waals surface area contributed by atoms with E-state index in [2.05, 4.69) is 11.4 Å². The van der Waals surface area contributed by atoms with Crippen LogP contribution in [0.15, 0.2) is 72.8 Å². The SMILES string of the molecule is Cc1ccc(C)c(OCCNC(=O)c2ccc(C3SCC(=O)N3Cc3ccccc3)cc2)c1. The van der Waals surface area contributed by atoms with Gasteiger partial charge in [0.1, 0.15) is 17.7 Å². The first kappa shape index (κ1) is 22.9. The number of nitrogens with one attached hydrogen (secondary N) is 1. The molecule has 1 heterocycles. The minimum absolute atomic E-state index is 0.0409. The number of benzene rings is 3. The molecule has 1 fully saturated rings. The molecule has 1 atom stereocenters. The predicted molar refractivity (Wildman–Crippen MR) is 132 cm³/mol. The van der Waals surface area contributed by atoms with E-state index in [4.69, 9.17) is 4.74 Å². The van der Waals surface area contributed by atoms with Crippen LogP contribution < -0.4 is 10.1 Å². The number of rotatable bonds is 8. The minimum Gasteiger partial charge on any atom is -0.491 e. The fraction of sp³-hybridized carbons (Fsp3) is 0.259. The summed E-state index contributed by atoms with van der Waals surface area (Å²) in [5, 5.41) is 2.87. The van der Waals surface area contributed by atoms with E-state index in [-0.39, 0.29) is 17.2 Å². The highest BCUT2D eigenvalue weighted by Crippen LogP contribution is 2.39. The number of amides is 2. The molecular formula is C27H28N2O3S. The first-order valence-electron chi connectivity index (χ1n) is 11.0. The number of ether oxygens (including phenoxy) is 1. The third-order valence-electron chi connectivity index (χ3n) is 5.61. The van der Waals surface area contributed by atoms with Gasteiger partial charge in [-0.2, -0.15) is 0 Å². The highest BCUT2D eigenvalue weighted by molar-refractivity contribution is 8.00. The monoisotopic (exact) mass is 460 g/mol. The molecule has 3 aromatic carbocycles. The molecule has 0 spiro atoms. The number of hydrogen-bond acceptors (Lipinski definition) is 4. The van der Waals surface area contributed by atoms with E-state index in [0.29, 0.717) is 31.0 Å². The quantitative estimate of drug-likeness (QED) is 0.487. The molecule has 1 N–H and O–H groups in total. The number of hydrogen-bond donors (Lipinski definition) is 1. The molecule has 5 nitrogen and oxygen atoms in total. The molecular weight excluding hydrogens is 432 g/mol. The Hall–Kier alpha value is -3.25. The third kappa shape index (κ3) is 5.76. The molecule has 1 saturated heterocycles. The Labute approximate surface area is 199 Å². The van der Waals surface area contributed by atoms with Gasteiger partial charge in [-0.25, -0.2) is 0 Å². The van der Waals surface area contributed by atoms with Gasteiger partial charge in [0.2, 0.25) is 5.91 Å². The maximum atomic E-state index is 12.5. The average Bonchev–Trinajstić information content (AvgIpc) is 3.19. The van der Waals surface area contributed by atoms with Crippen molar-refractivity contribution in [1.82, 2.24) is 10.2 Å². The van der Waals surface area contributed by atoms with Gasteiger partial charge >= 0.3 is 0 Å². The van der Waals surface area contributed by atoms with Gasteiger partial charge in [0, 0.05) is 12.1 Å². The second kappa shape index (κ2) is 10.6. The van der Waals surface area contributed by atoms with E-state index in [1.807, 2.05) is 85.5 Å². The summed E-state index contributed by atoms with van der Waals surface area (Å²) in [7, 11) is 0. The summed E-state index contributed by atoms with van der Waals surface area (Å²) in [4.78, 5) is 26.9. The van der Waals surface area contributed by atoms with Crippen LogP contribution in [0.2, 0.25) is 0 Å². The molecule has 2 amide bonds. The van der Waals surface area contributed by atoms with E-state index in [1.54, 1.807) is 11.8 Å². The molecule has 0 bridgehead atoms. The molecule has 4 rings (SSSR count). The van der Waals surface area contributed by atoms with Crippen molar-refractivity contribution in [3.63, 3.8) is 0 Å². The summed E-state index contributed by atoms with van der Waals surface area (Å²) in [5.74, 6) is 1.32. The summed E-state index contributed by atoms with van der Waals surface area (Å²) in [5.41, 5.74) is 4.94. The molecule has 33 heavy (non-hydrogen) atoms. The summed E-state index contributed by atoms with van der Waals surface area (Å²) < 4.78 is 5.81. The molecule has 0 radical (unpaired) electrons. The maximum absolute atomic E-state index is 12.5. The van der Waals surface area contributed by atoms with E-state index in [0.717, 1.165) is 28.0 Å². The van der Waals surface area contributed by atoms with Crippen molar-refractivity contribution in [2.75, 3.05) is 18.9 Å². The first-order valence-corrected chi connectivity index (χ1v) is 12.1. The molecule has 1 aliphatic heterocycles. The molecule has 0 saturated carbocycles. The highest BCUT2D eigenvalue weighted by atomic mass is 32.2. The molecule has 6 heteroatoms.